The molecule has 0 radical (unpaired) electrons. The zero-order valence-electron chi connectivity index (χ0n) is 19.5. The Hall–Kier alpha value is -2.79. The Morgan fingerprint density at radius 2 is 2.06 bits per heavy atom. The number of nitrogens with zero attached hydrogens (tertiary/aromatic N) is 2. The molecule has 0 aromatic heterocycles. The van der Waals surface area contributed by atoms with Gasteiger partial charge in [-0.3, -0.25) is 19.3 Å². The van der Waals surface area contributed by atoms with E-state index in [0.29, 0.717) is 19.0 Å². The molecule has 1 aliphatic carbocycles. The summed E-state index contributed by atoms with van der Waals surface area (Å²) in [5.41, 5.74) is 5.90. The first-order valence-electron chi connectivity index (χ1n) is 11.5. The van der Waals surface area contributed by atoms with E-state index in [1.807, 2.05) is 13.8 Å². The average Bonchev–Trinajstić information content (AvgIpc) is 2.70. The van der Waals surface area contributed by atoms with Gasteiger partial charge in [-0.25, -0.2) is 0 Å². The number of carbonyl (C=O) groups excluding carboxylic acids is 3. The molecule has 0 spiro atoms. The van der Waals surface area contributed by atoms with Gasteiger partial charge in [0.25, 0.3) is 11.8 Å². The lowest BCUT2D eigenvalue weighted by molar-refractivity contribution is -0.133. The fraction of sp³-hybridized carbons (Fsp3) is 0.609. The van der Waals surface area contributed by atoms with Crippen molar-refractivity contribution in [3.05, 3.63) is 18.2 Å². The number of primary amides is 1. The molecule has 11 heteroatoms. The summed E-state index contributed by atoms with van der Waals surface area (Å²) in [5.74, 6) is -1.48. The summed E-state index contributed by atoms with van der Waals surface area (Å²) in [6.45, 7) is 2.20. The standard InChI is InChI=1S/C23H32F2N4O5/c1-14(2)11-28(12-15-4-3-5-15)20(21(26)31)22(32)27-16-6-7-17(18(10-16)34-23(24)25)29-8-9-33-13-19(29)30/h6-7,10,14-15,20,23H,3-5,8-9,11-13H2,1-2H3,(H2,26,31)(H,27,32)/t20-/m0/s1. The zero-order chi connectivity index (χ0) is 24.8. The van der Waals surface area contributed by atoms with Gasteiger partial charge in [0.15, 0.2) is 11.8 Å². The molecule has 1 aromatic carbocycles. The maximum Gasteiger partial charge on any atom is 0.387 e. The van der Waals surface area contributed by atoms with Crippen LogP contribution in [0.1, 0.15) is 33.1 Å². The van der Waals surface area contributed by atoms with Gasteiger partial charge in [-0.1, -0.05) is 20.3 Å². The van der Waals surface area contributed by atoms with Crippen molar-refractivity contribution in [2.75, 3.05) is 43.1 Å². The highest BCUT2D eigenvalue weighted by atomic mass is 19.3. The molecule has 1 aromatic rings. The number of halogens is 2. The highest BCUT2D eigenvalue weighted by Crippen LogP contribution is 2.34. The van der Waals surface area contributed by atoms with Gasteiger partial charge in [0.1, 0.15) is 6.61 Å². The van der Waals surface area contributed by atoms with Gasteiger partial charge >= 0.3 is 6.61 Å². The molecule has 0 bridgehead atoms. The number of ether oxygens (including phenoxy) is 2. The first-order valence-corrected chi connectivity index (χ1v) is 11.5. The second kappa shape index (κ2) is 11.6. The van der Waals surface area contributed by atoms with Crippen molar-refractivity contribution < 1.29 is 32.6 Å². The normalized spacial score (nSPS) is 17.7. The number of hydrogen-bond donors (Lipinski definition) is 2. The van der Waals surface area contributed by atoms with Gasteiger partial charge < -0.3 is 25.4 Å². The molecule has 1 saturated carbocycles. The fourth-order valence-corrected chi connectivity index (χ4v) is 4.22. The van der Waals surface area contributed by atoms with Gasteiger partial charge in [-0.15, -0.1) is 0 Å². The number of benzene rings is 1. The molecule has 2 fully saturated rings. The van der Waals surface area contributed by atoms with Crippen molar-refractivity contribution >= 4 is 29.1 Å². The van der Waals surface area contributed by atoms with Crippen LogP contribution >= 0.6 is 0 Å². The number of carbonyl (C=O) groups is 3. The third-order valence-corrected chi connectivity index (χ3v) is 5.92. The topological polar surface area (TPSA) is 114 Å². The zero-order valence-corrected chi connectivity index (χ0v) is 19.5. The van der Waals surface area contributed by atoms with Gasteiger partial charge in [-0.2, -0.15) is 8.78 Å². The van der Waals surface area contributed by atoms with Gasteiger partial charge in [0, 0.05) is 31.4 Å². The first-order chi connectivity index (χ1) is 16.2. The lowest BCUT2D eigenvalue weighted by Gasteiger charge is -2.36. The Morgan fingerprint density at radius 1 is 1.32 bits per heavy atom. The van der Waals surface area contributed by atoms with E-state index in [1.165, 1.54) is 23.1 Å². The molecule has 3 N–H and O–H groups in total. The predicted octanol–water partition coefficient (Wildman–Crippen LogP) is 2.20. The number of morpholine rings is 1. The number of anilines is 2. The van der Waals surface area contributed by atoms with Crippen LogP contribution in [0.2, 0.25) is 0 Å². The largest absolute Gasteiger partial charge is 0.433 e. The molecular formula is C23H32F2N4O5. The minimum atomic E-state index is -3.14. The van der Waals surface area contributed by atoms with E-state index >= 15 is 0 Å². The Balaban J connectivity index is 1.82. The second-order valence-corrected chi connectivity index (χ2v) is 9.10. The lowest BCUT2D eigenvalue weighted by atomic mass is 9.84. The van der Waals surface area contributed by atoms with E-state index < -0.39 is 30.4 Å². The van der Waals surface area contributed by atoms with E-state index in [1.54, 1.807) is 4.90 Å². The van der Waals surface area contributed by atoms with E-state index in [4.69, 9.17) is 10.5 Å². The van der Waals surface area contributed by atoms with E-state index in [2.05, 4.69) is 10.1 Å². The minimum Gasteiger partial charge on any atom is -0.433 e. The molecular weight excluding hydrogens is 450 g/mol. The molecule has 9 nitrogen and oxygen atoms in total. The van der Waals surface area contributed by atoms with Crippen LogP contribution in [-0.4, -0.2) is 68.1 Å². The van der Waals surface area contributed by atoms with Crippen LogP contribution in [0.15, 0.2) is 18.2 Å². The second-order valence-electron chi connectivity index (χ2n) is 9.10. The van der Waals surface area contributed by atoms with Gasteiger partial charge in [0.05, 0.1) is 12.3 Å². The van der Waals surface area contributed by atoms with Crippen LogP contribution in [0.3, 0.4) is 0 Å². The molecule has 1 atom stereocenters. The smallest absolute Gasteiger partial charge is 0.387 e. The van der Waals surface area contributed by atoms with Crippen LogP contribution in [0, 0.1) is 11.8 Å². The summed E-state index contributed by atoms with van der Waals surface area (Å²) in [6, 6.07) is 2.88. The summed E-state index contributed by atoms with van der Waals surface area (Å²) in [7, 11) is 0. The van der Waals surface area contributed by atoms with E-state index in [9.17, 15) is 23.2 Å². The van der Waals surface area contributed by atoms with Crippen LogP contribution in [0.5, 0.6) is 5.75 Å². The van der Waals surface area contributed by atoms with E-state index in [-0.39, 0.29) is 42.8 Å². The van der Waals surface area contributed by atoms with Crippen LogP contribution in [0.25, 0.3) is 0 Å². The number of nitrogens with one attached hydrogen (secondary N) is 1. The Kier molecular flexibility index (Phi) is 8.78. The van der Waals surface area contributed by atoms with Crippen molar-refractivity contribution in [2.24, 2.45) is 17.6 Å². The molecule has 1 aliphatic heterocycles. The van der Waals surface area contributed by atoms with Crippen molar-refractivity contribution in [2.45, 2.75) is 45.8 Å². The van der Waals surface area contributed by atoms with E-state index in [0.717, 1.165) is 19.3 Å². The van der Waals surface area contributed by atoms with Crippen molar-refractivity contribution in [3.8, 4) is 5.75 Å². The van der Waals surface area contributed by atoms with Crippen LogP contribution < -0.4 is 20.7 Å². The molecule has 3 amide bonds. The molecule has 34 heavy (non-hydrogen) atoms. The number of hydrogen-bond acceptors (Lipinski definition) is 6. The predicted molar refractivity (Wildman–Crippen MR) is 122 cm³/mol. The summed E-state index contributed by atoms with van der Waals surface area (Å²) in [6.07, 6.45) is 3.20. The van der Waals surface area contributed by atoms with Gasteiger partial charge in [-0.05, 0) is 36.8 Å². The quantitative estimate of drug-likeness (QED) is 0.468. The monoisotopic (exact) mass is 482 g/mol. The number of amides is 3. The molecule has 1 saturated heterocycles. The van der Waals surface area contributed by atoms with Gasteiger partial charge in [0.2, 0.25) is 5.91 Å². The van der Waals surface area contributed by atoms with Crippen molar-refractivity contribution in [3.63, 3.8) is 0 Å². The number of alkyl halides is 2. The van der Waals surface area contributed by atoms with Crippen molar-refractivity contribution in [1.82, 2.24) is 4.90 Å². The fourth-order valence-electron chi connectivity index (χ4n) is 4.22. The highest BCUT2D eigenvalue weighted by Gasteiger charge is 2.34. The Morgan fingerprint density at radius 3 is 2.62 bits per heavy atom. The van der Waals surface area contributed by atoms with Crippen molar-refractivity contribution in [1.29, 1.82) is 0 Å². The first kappa shape index (κ1) is 25.8. The average molecular weight is 483 g/mol. The highest BCUT2D eigenvalue weighted by molar-refractivity contribution is 6.09. The minimum absolute atomic E-state index is 0.143. The SMILES string of the molecule is CC(C)CN(CC1CCC1)[C@@H](C(N)=O)C(=O)Nc1ccc(N2CCOCC2=O)c(OC(F)F)c1. The summed E-state index contributed by atoms with van der Waals surface area (Å²) in [5, 5.41) is 2.61. The number of nitrogens with two attached hydrogens (primary N) is 1. The maximum absolute atomic E-state index is 13.1. The lowest BCUT2D eigenvalue weighted by Crippen LogP contribution is -2.54. The summed E-state index contributed by atoms with van der Waals surface area (Å²) < 4.78 is 35.9. The van der Waals surface area contributed by atoms with Crippen LogP contribution in [0.4, 0.5) is 20.2 Å². The Labute approximate surface area is 197 Å². The number of rotatable bonds is 11. The maximum atomic E-state index is 13.1. The molecule has 2 aliphatic rings. The third kappa shape index (κ3) is 6.63. The summed E-state index contributed by atoms with van der Waals surface area (Å²) in [4.78, 5) is 40.7. The molecule has 188 valence electrons. The molecule has 0 unspecified atom stereocenters. The molecule has 3 rings (SSSR count). The summed E-state index contributed by atoms with van der Waals surface area (Å²) >= 11 is 0. The Bertz CT molecular complexity index is 894. The third-order valence-electron chi connectivity index (χ3n) is 5.92. The van der Waals surface area contributed by atoms with Crippen LogP contribution in [-0.2, 0) is 19.1 Å². The molecule has 1 heterocycles.